The molecule has 1 fully saturated rings. The summed E-state index contributed by atoms with van der Waals surface area (Å²) in [5, 5.41) is 23.7. The van der Waals surface area contributed by atoms with Crippen LogP contribution < -0.4 is 5.32 Å². The Morgan fingerprint density at radius 2 is 1.47 bits per heavy atom. The molecule has 7 nitrogen and oxygen atoms in total. The van der Waals surface area contributed by atoms with Gasteiger partial charge in [0.2, 0.25) is 0 Å². The number of hydrogen-bond acceptors (Lipinski definition) is 6. The van der Waals surface area contributed by atoms with Gasteiger partial charge in [-0.05, 0) is 71.6 Å². The molecule has 3 N–H and O–H groups in total. The van der Waals surface area contributed by atoms with E-state index in [1.807, 2.05) is 111 Å². The van der Waals surface area contributed by atoms with Crippen LogP contribution in [0.4, 0.5) is 0 Å². The minimum Gasteiger partial charge on any atom is -0.392 e. The molecule has 5 aromatic carbocycles. The first-order chi connectivity index (χ1) is 23.9. The van der Waals surface area contributed by atoms with Crippen LogP contribution in [0, 0.1) is 0 Å². The van der Waals surface area contributed by atoms with Crippen LogP contribution >= 0.6 is 0 Å². The average molecular weight is 657 g/mol. The highest BCUT2D eigenvalue weighted by Gasteiger charge is 2.34. The van der Waals surface area contributed by atoms with Crippen molar-refractivity contribution in [3.8, 4) is 11.1 Å². The predicted octanol–water partition coefficient (Wildman–Crippen LogP) is 7.38. The van der Waals surface area contributed by atoms with Crippen molar-refractivity contribution in [1.29, 1.82) is 0 Å². The third-order valence-electron chi connectivity index (χ3n) is 9.31. The average Bonchev–Trinajstić information content (AvgIpc) is 3.17. The van der Waals surface area contributed by atoms with Gasteiger partial charge in [-0.2, -0.15) is 0 Å². The highest BCUT2D eigenvalue weighted by Crippen LogP contribution is 2.39. The van der Waals surface area contributed by atoms with E-state index in [0.29, 0.717) is 25.1 Å². The zero-order chi connectivity index (χ0) is 34.2. The smallest absolute Gasteiger partial charge is 0.251 e. The lowest BCUT2D eigenvalue weighted by molar-refractivity contribution is -0.253. The minimum atomic E-state index is -0.636. The Hall–Kier alpha value is -4.63. The zero-order valence-corrected chi connectivity index (χ0v) is 28.0. The zero-order valence-electron chi connectivity index (χ0n) is 28.0. The Labute approximate surface area is 288 Å². The molecule has 0 bridgehead atoms. The third-order valence-corrected chi connectivity index (χ3v) is 9.31. The van der Waals surface area contributed by atoms with Crippen molar-refractivity contribution in [2.24, 2.45) is 0 Å². The second-order valence-electron chi connectivity index (χ2n) is 12.8. The lowest BCUT2D eigenvalue weighted by Crippen LogP contribution is -2.43. The molecule has 6 rings (SSSR count). The molecule has 0 radical (unpaired) electrons. The summed E-state index contributed by atoms with van der Waals surface area (Å²) in [7, 11) is 2.02. The summed E-state index contributed by atoms with van der Waals surface area (Å²) < 4.78 is 13.3. The Balaban J connectivity index is 1.20. The Morgan fingerprint density at radius 3 is 2.18 bits per heavy atom. The van der Waals surface area contributed by atoms with Gasteiger partial charge < -0.3 is 25.0 Å². The molecule has 252 valence electrons. The van der Waals surface area contributed by atoms with Gasteiger partial charge in [0.1, 0.15) is 0 Å². The van der Waals surface area contributed by atoms with Gasteiger partial charge in [0.05, 0.1) is 24.9 Å². The summed E-state index contributed by atoms with van der Waals surface area (Å²) in [6.45, 7) is 3.04. The van der Waals surface area contributed by atoms with E-state index in [4.69, 9.17) is 9.47 Å². The first kappa shape index (κ1) is 34.2. The van der Waals surface area contributed by atoms with Gasteiger partial charge in [-0.1, -0.05) is 109 Å². The molecule has 5 aromatic rings. The van der Waals surface area contributed by atoms with E-state index in [0.717, 1.165) is 38.9 Å². The van der Waals surface area contributed by atoms with Crippen LogP contribution in [-0.4, -0.2) is 46.8 Å². The van der Waals surface area contributed by atoms with Crippen molar-refractivity contribution in [3.63, 3.8) is 0 Å². The van der Waals surface area contributed by atoms with E-state index in [9.17, 15) is 15.0 Å². The molecule has 1 amide bonds. The molecule has 1 aliphatic heterocycles. The summed E-state index contributed by atoms with van der Waals surface area (Å²) >= 11 is 0. The van der Waals surface area contributed by atoms with Gasteiger partial charge in [-0.25, -0.2) is 0 Å². The number of aliphatic hydroxyl groups excluding tert-OH is 2. The second kappa shape index (κ2) is 16.2. The highest BCUT2D eigenvalue weighted by molar-refractivity contribution is 5.94. The summed E-state index contributed by atoms with van der Waals surface area (Å²) in [4.78, 5) is 14.8. The number of hydrogen-bond donors (Lipinski definition) is 3. The summed E-state index contributed by atoms with van der Waals surface area (Å²) in [5.41, 5.74) is 7.34. The largest absolute Gasteiger partial charge is 0.392 e. The van der Waals surface area contributed by atoms with Crippen molar-refractivity contribution in [2.75, 3.05) is 13.6 Å². The molecule has 0 aliphatic carbocycles. The molecule has 0 spiro atoms. The van der Waals surface area contributed by atoms with Gasteiger partial charge >= 0.3 is 0 Å². The quantitative estimate of drug-likeness (QED) is 0.130. The maximum atomic E-state index is 12.6. The fraction of sp³-hybridized carbons (Fsp3) is 0.262. The Morgan fingerprint density at radius 1 is 0.796 bits per heavy atom. The molecule has 1 saturated heterocycles. The fourth-order valence-corrected chi connectivity index (χ4v) is 6.29. The van der Waals surface area contributed by atoms with Crippen LogP contribution in [0.15, 0.2) is 133 Å². The van der Waals surface area contributed by atoms with Crippen molar-refractivity contribution < 1.29 is 24.5 Å². The molecule has 0 aromatic heterocycles. The molecule has 0 saturated carbocycles. The van der Waals surface area contributed by atoms with Crippen LogP contribution in [0.25, 0.3) is 11.1 Å². The van der Waals surface area contributed by atoms with E-state index in [-0.39, 0.29) is 30.8 Å². The highest BCUT2D eigenvalue weighted by atomic mass is 16.7. The molecule has 0 unspecified atom stereocenters. The van der Waals surface area contributed by atoms with Crippen LogP contribution in [0.5, 0.6) is 0 Å². The number of carbonyl (C=O) groups excluding carboxylic acids is 1. The maximum absolute atomic E-state index is 12.6. The van der Waals surface area contributed by atoms with Crippen molar-refractivity contribution >= 4 is 5.91 Å². The van der Waals surface area contributed by atoms with Gasteiger partial charge in [0.15, 0.2) is 6.29 Å². The van der Waals surface area contributed by atoms with Crippen LogP contribution in [0.1, 0.15) is 70.0 Å². The number of nitrogens with zero attached hydrogens (tertiary/aromatic N) is 1. The first-order valence-corrected chi connectivity index (χ1v) is 16.8. The lowest BCUT2D eigenvalue weighted by Gasteiger charge is -2.39. The van der Waals surface area contributed by atoms with Crippen LogP contribution in [-0.2, 0) is 22.6 Å². The molecule has 49 heavy (non-hydrogen) atoms. The minimum absolute atomic E-state index is 0.0139. The molecular formula is C42H44N2O5. The van der Waals surface area contributed by atoms with Gasteiger partial charge in [-0.15, -0.1) is 0 Å². The number of benzene rings is 5. The summed E-state index contributed by atoms with van der Waals surface area (Å²) in [5.74, 6) is -0.107. The van der Waals surface area contributed by atoms with E-state index >= 15 is 0 Å². The molecule has 1 heterocycles. The fourth-order valence-electron chi connectivity index (χ4n) is 6.29. The normalized spacial score (nSPS) is 18.9. The lowest BCUT2D eigenvalue weighted by atomic mass is 9.97. The number of amides is 1. The number of nitrogens with one attached hydrogen (secondary N) is 1. The number of aliphatic hydroxyl groups is 2. The predicted molar refractivity (Wildman–Crippen MR) is 191 cm³/mol. The topological polar surface area (TPSA) is 91.3 Å². The second-order valence-corrected chi connectivity index (χ2v) is 12.8. The van der Waals surface area contributed by atoms with E-state index < -0.39 is 12.4 Å². The van der Waals surface area contributed by atoms with Gasteiger partial charge in [0, 0.05) is 36.7 Å². The number of ether oxygens (including phenoxy) is 2. The van der Waals surface area contributed by atoms with Gasteiger partial charge in [0.25, 0.3) is 5.91 Å². The number of likely N-dealkylation sites (N-methyl/N-ethyl adjacent to an activating group) is 1. The summed E-state index contributed by atoms with van der Waals surface area (Å²) in [6.07, 6.45) is -0.999. The number of carbonyl (C=O) groups is 1. The molecular weight excluding hydrogens is 612 g/mol. The Bertz CT molecular complexity index is 1800. The van der Waals surface area contributed by atoms with Crippen molar-refractivity contribution in [2.45, 2.75) is 57.1 Å². The first-order valence-electron chi connectivity index (χ1n) is 16.8. The standard InChI is InChI=1S/C42H44N2O5/c1-29(40(46)33-12-5-3-6-13-33)44(2)27-38-25-39(32-21-19-30(28-45)20-22-32)49-42(48-38)37-18-10-17-36(24-37)35-16-9-11-31(23-35)26-43-41(47)34-14-7-4-8-15-34/h3-24,29,38-40,42,45-46H,25-28H2,1-2H3,(H,43,47)/t29-,38+,39-,40-,42-/m0/s1. The van der Waals surface area contributed by atoms with Gasteiger partial charge in [-0.3, -0.25) is 9.69 Å². The van der Waals surface area contributed by atoms with E-state index in [1.165, 1.54) is 0 Å². The SMILES string of the molecule is C[C@@H]([C@H](O)c1ccccc1)N(C)C[C@H]1C[C@@H](c2ccc(CO)cc2)O[C@@H](c2cccc(-c3cccc(CNC(=O)c4ccccc4)c3)c2)O1. The van der Waals surface area contributed by atoms with Crippen molar-refractivity contribution in [3.05, 3.63) is 167 Å². The van der Waals surface area contributed by atoms with E-state index in [2.05, 4.69) is 34.5 Å². The van der Waals surface area contributed by atoms with Crippen molar-refractivity contribution in [1.82, 2.24) is 10.2 Å². The molecule has 5 atom stereocenters. The third kappa shape index (κ3) is 8.70. The number of rotatable bonds is 12. The molecule has 7 heteroatoms. The van der Waals surface area contributed by atoms with Crippen LogP contribution in [0.2, 0.25) is 0 Å². The van der Waals surface area contributed by atoms with E-state index in [1.54, 1.807) is 12.1 Å². The van der Waals surface area contributed by atoms with Crippen LogP contribution in [0.3, 0.4) is 0 Å². The molecule has 1 aliphatic rings. The Kier molecular flexibility index (Phi) is 11.3. The monoisotopic (exact) mass is 656 g/mol. The summed E-state index contributed by atoms with van der Waals surface area (Å²) in [6, 6.07) is 43.1. The maximum Gasteiger partial charge on any atom is 0.251 e.